The fourth-order valence-electron chi connectivity index (χ4n) is 3.12. The lowest BCUT2D eigenvalue weighted by atomic mass is 10.0. The first-order valence-electron chi connectivity index (χ1n) is 7.62. The van der Waals surface area contributed by atoms with Crippen molar-refractivity contribution < 1.29 is 5.11 Å². The summed E-state index contributed by atoms with van der Waals surface area (Å²) in [5.74, 6) is 1.29. The molecule has 2 nitrogen and oxygen atoms in total. The maximum absolute atomic E-state index is 10.0. The van der Waals surface area contributed by atoms with Crippen molar-refractivity contribution in [1.29, 1.82) is 0 Å². The molecule has 1 aromatic carbocycles. The minimum Gasteiger partial charge on any atom is -0.508 e. The summed E-state index contributed by atoms with van der Waals surface area (Å²) >= 11 is 0. The minimum absolute atomic E-state index is 0.221. The first-order chi connectivity index (χ1) is 9.06. The molecule has 0 heterocycles. The van der Waals surface area contributed by atoms with E-state index < -0.39 is 0 Å². The smallest absolute Gasteiger partial charge is 0.120 e. The summed E-state index contributed by atoms with van der Waals surface area (Å²) in [5, 5.41) is 13.7. The molecule has 0 aliphatic heterocycles. The van der Waals surface area contributed by atoms with Crippen LogP contribution < -0.4 is 5.32 Å². The summed E-state index contributed by atoms with van der Waals surface area (Å²) in [6.07, 6.45) is 6.54. The average Bonchev–Trinajstić information content (AvgIpc) is 2.54. The second-order valence-electron chi connectivity index (χ2n) is 6.26. The van der Waals surface area contributed by atoms with Crippen molar-refractivity contribution in [2.45, 2.75) is 65.0 Å². The van der Waals surface area contributed by atoms with Gasteiger partial charge in [0.05, 0.1) is 0 Å². The van der Waals surface area contributed by atoms with Gasteiger partial charge in [-0.3, -0.25) is 0 Å². The van der Waals surface area contributed by atoms with Gasteiger partial charge in [-0.05, 0) is 50.7 Å². The van der Waals surface area contributed by atoms with Crippen LogP contribution in [-0.2, 0) is 0 Å². The Hall–Kier alpha value is -1.02. The van der Waals surface area contributed by atoms with E-state index in [9.17, 15) is 5.11 Å². The molecule has 2 N–H and O–H groups in total. The molecular formula is C17H27NO. The topological polar surface area (TPSA) is 32.3 Å². The van der Waals surface area contributed by atoms with Crippen molar-refractivity contribution in [3.63, 3.8) is 0 Å². The van der Waals surface area contributed by atoms with Crippen molar-refractivity contribution in [3.8, 4) is 5.75 Å². The number of phenols is 1. The Morgan fingerprint density at radius 1 is 1.21 bits per heavy atom. The molecule has 1 aliphatic rings. The molecule has 3 atom stereocenters. The number of aryl methyl sites for hydroxylation is 1. The monoisotopic (exact) mass is 261 g/mol. The van der Waals surface area contributed by atoms with Crippen LogP contribution in [-0.4, -0.2) is 11.1 Å². The van der Waals surface area contributed by atoms with Gasteiger partial charge in [0.15, 0.2) is 0 Å². The zero-order valence-electron chi connectivity index (χ0n) is 12.4. The largest absolute Gasteiger partial charge is 0.508 e. The van der Waals surface area contributed by atoms with Gasteiger partial charge in [-0.25, -0.2) is 0 Å². The van der Waals surface area contributed by atoms with E-state index in [2.05, 4.69) is 25.2 Å². The van der Waals surface area contributed by atoms with Gasteiger partial charge in [-0.15, -0.1) is 0 Å². The van der Waals surface area contributed by atoms with E-state index in [1.54, 1.807) is 0 Å². The third-order valence-corrected chi connectivity index (χ3v) is 4.40. The third-order valence-electron chi connectivity index (χ3n) is 4.40. The van der Waals surface area contributed by atoms with Crippen LogP contribution in [0.3, 0.4) is 0 Å². The van der Waals surface area contributed by atoms with E-state index in [0.29, 0.717) is 11.8 Å². The van der Waals surface area contributed by atoms with E-state index >= 15 is 0 Å². The summed E-state index contributed by atoms with van der Waals surface area (Å²) in [4.78, 5) is 0. The first-order valence-corrected chi connectivity index (χ1v) is 7.62. The molecule has 0 bridgehead atoms. The van der Waals surface area contributed by atoms with Gasteiger partial charge in [0.2, 0.25) is 0 Å². The number of benzene rings is 1. The Morgan fingerprint density at radius 3 is 2.74 bits per heavy atom. The first kappa shape index (κ1) is 14.4. The molecule has 0 aromatic heterocycles. The molecule has 3 unspecified atom stereocenters. The van der Waals surface area contributed by atoms with Crippen LogP contribution >= 0.6 is 0 Å². The quantitative estimate of drug-likeness (QED) is 0.794. The third kappa shape index (κ3) is 3.97. The van der Waals surface area contributed by atoms with Gasteiger partial charge in [0.25, 0.3) is 0 Å². The molecule has 1 aliphatic carbocycles. The SMILES string of the molecule is Cc1ccc(C(C)NC2CCCC(C)CC2)c(O)c1. The summed E-state index contributed by atoms with van der Waals surface area (Å²) in [6.45, 7) is 6.52. The van der Waals surface area contributed by atoms with Gasteiger partial charge < -0.3 is 10.4 Å². The molecule has 2 rings (SSSR count). The van der Waals surface area contributed by atoms with Crippen LogP contribution in [0.25, 0.3) is 0 Å². The van der Waals surface area contributed by atoms with Crippen LogP contribution in [0.2, 0.25) is 0 Å². The molecule has 0 spiro atoms. The van der Waals surface area contributed by atoms with Crippen LogP contribution in [0.5, 0.6) is 5.75 Å². The number of phenolic OH excluding ortho intramolecular Hbond substituents is 1. The normalized spacial score (nSPS) is 25.8. The molecule has 1 saturated carbocycles. The number of aromatic hydroxyl groups is 1. The van der Waals surface area contributed by atoms with E-state index in [1.807, 2.05) is 19.1 Å². The highest BCUT2D eigenvalue weighted by atomic mass is 16.3. The molecule has 2 heteroatoms. The Bertz CT molecular complexity index is 416. The lowest BCUT2D eigenvalue weighted by Gasteiger charge is -2.23. The number of hydrogen-bond donors (Lipinski definition) is 2. The Kier molecular flexibility index (Phi) is 4.87. The molecule has 1 fully saturated rings. The lowest BCUT2D eigenvalue weighted by Crippen LogP contribution is -2.31. The van der Waals surface area contributed by atoms with Crippen molar-refractivity contribution >= 4 is 0 Å². The Morgan fingerprint density at radius 2 is 2.00 bits per heavy atom. The maximum atomic E-state index is 10.0. The molecule has 0 saturated heterocycles. The van der Waals surface area contributed by atoms with Gasteiger partial charge >= 0.3 is 0 Å². The molecule has 0 radical (unpaired) electrons. The zero-order valence-corrected chi connectivity index (χ0v) is 12.4. The second kappa shape index (κ2) is 6.42. The fraction of sp³-hybridized carbons (Fsp3) is 0.647. The predicted molar refractivity (Wildman–Crippen MR) is 80.4 cm³/mol. The molecule has 106 valence electrons. The van der Waals surface area contributed by atoms with Gasteiger partial charge in [0, 0.05) is 17.6 Å². The standard InChI is InChI=1S/C17H27NO/c1-12-5-4-6-15(9-7-12)18-14(3)16-10-8-13(2)11-17(16)19/h8,10-12,14-15,18-19H,4-7,9H2,1-3H3. The summed E-state index contributed by atoms with van der Waals surface area (Å²) in [6, 6.07) is 6.78. The second-order valence-corrected chi connectivity index (χ2v) is 6.26. The van der Waals surface area contributed by atoms with Crippen molar-refractivity contribution in [3.05, 3.63) is 29.3 Å². The van der Waals surface area contributed by atoms with E-state index in [0.717, 1.165) is 17.0 Å². The number of hydrogen-bond acceptors (Lipinski definition) is 2. The van der Waals surface area contributed by atoms with Crippen molar-refractivity contribution in [2.24, 2.45) is 5.92 Å². The zero-order chi connectivity index (χ0) is 13.8. The van der Waals surface area contributed by atoms with Crippen molar-refractivity contribution in [1.82, 2.24) is 5.32 Å². The Balaban J connectivity index is 1.98. The number of rotatable bonds is 3. The molecule has 0 amide bonds. The van der Waals surface area contributed by atoms with Gasteiger partial charge in [-0.2, -0.15) is 0 Å². The highest BCUT2D eigenvalue weighted by Crippen LogP contribution is 2.28. The Labute approximate surface area is 117 Å². The summed E-state index contributed by atoms with van der Waals surface area (Å²) in [7, 11) is 0. The molecular weight excluding hydrogens is 234 g/mol. The van der Waals surface area contributed by atoms with Gasteiger partial charge in [0.1, 0.15) is 5.75 Å². The summed E-state index contributed by atoms with van der Waals surface area (Å²) in [5.41, 5.74) is 2.12. The van der Waals surface area contributed by atoms with Crippen LogP contribution in [0.15, 0.2) is 18.2 Å². The van der Waals surface area contributed by atoms with Crippen LogP contribution in [0, 0.1) is 12.8 Å². The highest BCUT2D eigenvalue weighted by molar-refractivity contribution is 5.37. The van der Waals surface area contributed by atoms with E-state index in [4.69, 9.17) is 0 Å². The maximum Gasteiger partial charge on any atom is 0.120 e. The summed E-state index contributed by atoms with van der Waals surface area (Å²) < 4.78 is 0. The van der Waals surface area contributed by atoms with Crippen LogP contribution in [0.1, 0.15) is 63.1 Å². The molecule has 1 aromatic rings. The van der Waals surface area contributed by atoms with Crippen LogP contribution in [0.4, 0.5) is 0 Å². The van der Waals surface area contributed by atoms with E-state index in [1.165, 1.54) is 32.1 Å². The highest BCUT2D eigenvalue weighted by Gasteiger charge is 2.19. The van der Waals surface area contributed by atoms with Gasteiger partial charge in [-0.1, -0.05) is 31.9 Å². The lowest BCUT2D eigenvalue weighted by molar-refractivity contribution is 0.394. The number of nitrogens with one attached hydrogen (secondary N) is 1. The fourth-order valence-corrected chi connectivity index (χ4v) is 3.12. The van der Waals surface area contributed by atoms with Crippen molar-refractivity contribution in [2.75, 3.05) is 0 Å². The minimum atomic E-state index is 0.221. The molecule has 19 heavy (non-hydrogen) atoms. The average molecular weight is 261 g/mol. The predicted octanol–water partition coefficient (Wildman–Crippen LogP) is 4.32. The van der Waals surface area contributed by atoms with E-state index in [-0.39, 0.29) is 6.04 Å².